The fraction of sp³-hybridized carbons (Fsp3) is 0.235. The third-order valence-corrected chi connectivity index (χ3v) is 3.40. The van der Waals surface area contributed by atoms with Gasteiger partial charge in [-0.3, -0.25) is 4.79 Å². The molecule has 8 nitrogen and oxygen atoms in total. The van der Waals surface area contributed by atoms with Crippen LogP contribution in [0.3, 0.4) is 0 Å². The zero-order valence-electron chi connectivity index (χ0n) is 14.5. The fourth-order valence-corrected chi connectivity index (χ4v) is 2.16. The summed E-state index contributed by atoms with van der Waals surface area (Å²) in [7, 11) is 0. The quantitative estimate of drug-likeness (QED) is 0.683. The Kier molecular flexibility index (Phi) is 5.39. The number of hydrogen-bond acceptors (Lipinski definition) is 6. The smallest absolute Gasteiger partial charge is 0.340 e. The molecule has 1 amide bonds. The number of nitrogens with zero attached hydrogens (tertiary/aromatic N) is 5. The maximum Gasteiger partial charge on any atom is 0.416 e. The van der Waals surface area contributed by atoms with Crippen molar-refractivity contribution in [2.45, 2.75) is 19.6 Å². The molecule has 1 N–H and O–H groups in total. The molecule has 0 fully saturated rings. The Morgan fingerprint density at radius 3 is 2.89 bits per heavy atom. The van der Waals surface area contributed by atoms with E-state index in [4.69, 9.17) is 4.52 Å². The molecule has 2 heterocycles. The summed E-state index contributed by atoms with van der Waals surface area (Å²) in [4.78, 5) is 16.0. The van der Waals surface area contributed by atoms with Gasteiger partial charge in [-0.25, -0.2) is 4.68 Å². The third-order valence-electron chi connectivity index (χ3n) is 3.40. The van der Waals surface area contributed by atoms with Crippen LogP contribution in [0.15, 0.2) is 35.0 Å². The summed E-state index contributed by atoms with van der Waals surface area (Å²) in [5, 5.41) is 13.7. The van der Waals surface area contributed by atoms with Crippen molar-refractivity contribution < 1.29 is 22.5 Å². The van der Waals surface area contributed by atoms with E-state index < -0.39 is 17.6 Å². The molecule has 0 aliphatic rings. The Balaban J connectivity index is 1.55. The molecule has 0 bridgehead atoms. The predicted octanol–water partition coefficient (Wildman–Crippen LogP) is 1.82. The van der Waals surface area contributed by atoms with Gasteiger partial charge in [-0.15, -0.1) is 5.10 Å². The summed E-state index contributed by atoms with van der Waals surface area (Å²) in [6.07, 6.45) is -3.03. The van der Waals surface area contributed by atoms with E-state index in [-0.39, 0.29) is 24.3 Å². The number of amides is 1. The van der Waals surface area contributed by atoms with E-state index >= 15 is 0 Å². The molecular formula is C17H13F3N6O2. The van der Waals surface area contributed by atoms with Crippen LogP contribution in [-0.2, 0) is 12.7 Å². The van der Waals surface area contributed by atoms with Crippen LogP contribution in [0.25, 0.3) is 0 Å². The highest BCUT2D eigenvalue weighted by molar-refractivity contribution is 5.91. The number of rotatable bonds is 4. The number of carbonyl (C=O) groups excluding carboxylic acids is 1. The van der Waals surface area contributed by atoms with Crippen LogP contribution >= 0.6 is 0 Å². The Labute approximate surface area is 156 Å². The lowest BCUT2D eigenvalue weighted by molar-refractivity contribution is -0.137. The third kappa shape index (κ3) is 4.94. The van der Waals surface area contributed by atoms with Crippen LogP contribution in [0.2, 0.25) is 0 Å². The van der Waals surface area contributed by atoms with E-state index in [0.29, 0.717) is 11.7 Å². The van der Waals surface area contributed by atoms with Crippen LogP contribution in [0.5, 0.6) is 0 Å². The Morgan fingerprint density at radius 2 is 2.18 bits per heavy atom. The van der Waals surface area contributed by atoms with Gasteiger partial charge in [0.2, 0.25) is 5.89 Å². The van der Waals surface area contributed by atoms with Crippen molar-refractivity contribution in [1.29, 1.82) is 0 Å². The second-order valence-electron chi connectivity index (χ2n) is 5.59. The average molecular weight is 390 g/mol. The lowest BCUT2D eigenvalue weighted by atomic mass is 10.1. The molecule has 2 aromatic heterocycles. The molecule has 0 unspecified atom stereocenters. The van der Waals surface area contributed by atoms with Gasteiger partial charge in [0.05, 0.1) is 18.3 Å². The maximum atomic E-state index is 12.7. The molecule has 28 heavy (non-hydrogen) atoms. The number of halogens is 3. The van der Waals surface area contributed by atoms with E-state index in [9.17, 15) is 18.0 Å². The van der Waals surface area contributed by atoms with Gasteiger partial charge in [0.1, 0.15) is 6.54 Å². The van der Waals surface area contributed by atoms with Crippen molar-refractivity contribution in [3.63, 3.8) is 0 Å². The minimum absolute atomic E-state index is 0.0566. The molecule has 0 spiro atoms. The second kappa shape index (κ2) is 7.91. The number of alkyl halides is 3. The van der Waals surface area contributed by atoms with Crippen LogP contribution in [0, 0.1) is 18.8 Å². The Hall–Kier alpha value is -3.68. The first-order valence-corrected chi connectivity index (χ1v) is 7.95. The first-order chi connectivity index (χ1) is 13.3. The Bertz CT molecular complexity index is 1040. The molecule has 0 saturated carbocycles. The molecule has 0 aliphatic heterocycles. The van der Waals surface area contributed by atoms with Crippen molar-refractivity contribution in [1.82, 2.24) is 30.5 Å². The van der Waals surface area contributed by atoms with Gasteiger partial charge in [-0.2, -0.15) is 18.2 Å². The lowest BCUT2D eigenvalue weighted by Crippen LogP contribution is -2.24. The van der Waals surface area contributed by atoms with Crippen molar-refractivity contribution in [3.05, 3.63) is 59.0 Å². The van der Waals surface area contributed by atoms with Gasteiger partial charge < -0.3 is 9.84 Å². The lowest BCUT2D eigenvalue weighted by Gasteiger charge is -2.05. The van der Waals surface area contributed by atoms with Crippen molar-refractivity contribution in [3.8, 4) is 11.8 Å². The Morgan fingerprint density at radius 1 is 1.36 bits per heavy atom. The summed E-state index contributed by atoms with van der Waals surface area (Å²) in [5.74, 6) is 5.45. The van der Waals surface area contributed by atoms with E-state index in [2.05, 4.69) is 37.6 Å². The van der Waals surface area contributed by atoms with Crippen LogP contribution in [0.1, 0.15) is 33.3 Å². The molecule has 3 aromatic rings. The molecule has 11 heteroatoms. The highest BCUT2D eigenvalue weighted by Crippen LogP contribution is 2.29. The monoisotopic (exact) mass is 390 g/mol. The molecule has 0 saturated heterocycles. The topological polar surface area (TPSA) is 98.7 Å². The summed E-state index contributed by atoms with van der Waals surface area (Å²) in [5.41, 5.74) is -0.525. The minimum atomic E-state index is -4.43. The van der Waals surface area contributed by atoms with Crippen molar-refractivity contribution >= 4 is 5.91 Å². The van der Waals surface area contributed by atoms with Gasteiger partial charge in [0.25, 0.3) is 5.91 Å². The molecule has 0 radical (unpaired) electrons. The number of hydrogen-bond donors (Lipinski definition) is 1. The van der Waals surface area contributed by atoms with Gasteiger partial charge in [-0.1, -0.05) is 28.3 Å². The summed E-state index contributed by atoms with van der Waals surface area (Å²) in [6, 6.07) is 4.64. The maximum absolute atomic E-state index is 12.7. The first kappa shape index (κ1) is 19.1. The number of aryl methyl sites for hydroxylation is 1. The van der Waals surface area contributed by atoms with Gasteiger partial charge in [0.15, 0.2) is 11.5 Å². The number of aromatic nitrogens is 5. The fourth-order valence-electron chi connectivity index (χ4n) is 2.16. The first-order valence-electron chi connectivity index (χ1n) is 7.95. The predicted molar refractivity (Wildman–Crippen MR) is 88.8 cm³/mol. The summed E-state index contributed by atoms with van der Waals surface area (Å²) < 4.78 is 44.2. The summed E-state index contributed by atoms with van der Waals surface area (Å²) >= 11 is 0. The second-order valence-corrected chi connectivity index (χ2v) is 5.59. The largest absolute Gasteiger partial charge is 0.416 e. The zero-order valence-corrected chi connectivity index (χ0v) is 14.5. The SMILES string of the molecule is Cc1nc(Cn2cc(C(=O)NCC#Cc3cccc(C(F)(F)F)c3)nn2)no1. The van der Waals surface area contributed by atoms with E-state index in [1.54, 1.807) is 6.92 Å². The number of nitrogens with one attached hydrogen (secondary N) is 1. The van der Waals surface area contributed by atoms with Crippen molar-refractivity contribution in [2.24, 2.45) is 0 Å². The van der Waals surface area contributed by atoms with Crippen LogP contribution in [0.4, 0.5) is 13.2 Å². The van der Waals surface area contributed by atoms with Crippen molar-refractivity contribution in [2.75, 3.05) is 6.54 Å². The van der Waals surface area contributed by atoms with Gasteiger partial charge >= 0.3 is 6.18 Å². The molecular weight excluding hydrogens is 377 g/mol. The van der Waals surface area contributed by atoms with Crippen LogP contribution in [-0.4, -0.2) is 37.6 Å². The molecule has 0 atom stereocenters. The van der Waals surface area contributed by atoms with Gasteiger partial charge in [-0.05, 0) is 18.2 Å². The number of benzene rings is 1. The molecule has 144 valence electrons. The highest BCUT2D eigenvalue weighted by atomic mass is 19.4. The standard InChI is InChI=1S/C17H13F3N6O2/c1-11-22-15(24-28-11)10-26-9-14(23-25-26)16(27)21-7-3-5-12-4-2-6-13(8-12)17(18,19)20/h2,4,6,8-9H,7,10H2,1H3,(H,21,27). The molecule has 3 rings (SSSR count). The molecule has 1 aromatic carbocycles. The summed E-state index contributed by atoms with van der Waals surface area (Å²) in [6.45, 7) is 1.77. The molecule has 0 aliphatic carbocycles. The number of carbonyl (C=O) groups is 1. The minimum Gasteiger partial charge on any atom is -0.340 e. The highest BCUT2D eigenvalue weighted by Gasteiger charge is 2.30. The van der Waals surface area contributed by atoms with E-state index in [0.717, 1.165) is 12.1 Å². The zero-order chi connectivity index (χ0) is 20.1. The van der Waals surface area contributed by atoms with E-state index in [1.807, 2.05) is 0 Å². The van der Waals surface area contributed by atoms with E-state index in [1.165, 1.54) is 23.0 Å². The van der Waals surface area contributed by atoms with Gasteiger partial charge in [0, 0.05) is 12.5 Å². The van der Waals surface area contributed by atoms with Crippen LogP contribution < -0.4 is 5.32 Å². The normalized spacial score (nSPS) is 11.0. The average Bonchev–Trinajstić information content (AvgIpc) is 3.27.